The molecule has 0 saturated carbocycles. The molecule has 0 saturated heterocycles. The normalized spacial score (nSPS) is 14.3. The van der Waals surface area contributed by atoms with Crippen molar-refractivity contribution in [1.29, 1.82) is 0 Å². The number of aromatic amines is 1. The molecule has 0 radical (unpaired) electrons. The van der Waals surface area contributed by atoms with Crippen LogP contribution in [0.4, 0.5) is 18.9 Å². The second kappa shape index (κ2) is 7.85. The zero-order valence-corrected chi connectivity index (χ0v) is 16.2. The zero-order chi connectivity index (χ0) is 21.4. The van der Waals surface area contributed by atoms with Crippen molar-refractivity contribution in [2.45, 2.75) is 38.7 Å². The Bertz CT molecular complexity index is 1160. The van der Waals surface area contributed by atoms with Crippen molar-refractivity contribution in [2.24, 2.45) is 0 Å². The minimum atomic E-state index is -1.69. The number of halogens is 3. The van der Waals surface area contributed by atoms with Gasteiger partial charge in [0.25, 0.3) is 5.91 Å². The molecular formula is C22H19F3N2O3. The number of ether oxygens (including phenoxy) is 1. The largest absolute Gasteiger partial charge is 0.449 e. The molecule has 1 atom stereocenters. The van der Waals surface area contributed by atoms with Gasteiger partial charge in [0.2, 0.25) is 0 Å². The molecule has 1 heterocycles. The molecule has 3 aromatic rings. The number of carbonyl (C=O) groups is 2. The van der Waals surface area contributed by atoms with Crippen LogP contribution >= 0.6 is 0 Å². The Morgan fingerprint density at radius 1 is 1.07 bits per heavy atom. The molecule has 0 aliphatic heterocycles. The molecule has 1 amide bonds. The van der Waals surface area contributed by atoms with Crippen LogP contribution in [-0.4, -0.2) is 23.0 Å². The smallest absolute Gasteiger partial charge is 0.338 e. The van der Waals surface area contributed by atoms with Crippen molar-refractivity contribution in [3.63, 3.8) is 0 Å². The molecule has 1 aliphatic carbocycles. The fourth-order valence-corrected chi connectivity index (χ4v) is 3.67. The summed E-state index contributed by atoms with van der Waals surface area (Å²) in [5.74, 6) is -6.16. The van der Waals surface area contributed by atoms with E-state index in [-0.39, 0.29) is 5.56 Å². The van der Waals surface area contributed by atoms with E-state index in [0.29, 0.717) is 6.07 Å². The van der Waals surface area contributed by atoms with E-state index < -0.39 is 41.1 Å². The molecule has 2 aromatic carbocycles. The molecule has 1 aliphatic rings. The number of benzene rings is 2. The average molecular weight is 416 g/mol. The Kier molecular flexibility index (Phi) is 5.24. The summed E-state index contributed by atoms with van der Waals surface area (Å²) in [4.78, 5) is 28.1. The first-order valence-electron chi connectivity index (χ1n) is 9.64. The summed E-state index contributed by atoms with van der Waals surface area (Å²) in [5, 5.41) is 3.06. The van der Waals surface area contributed by atoms with Gasteiger partial charge in [0.1, 0.15) is 0 Å². The first-order valence-corrected chi connectivity index (χ1v) is 9.64. The van der Waals surface area contributed by atoms with Crippen LogP contribution in [0.25, 0.3) is 10.9 Å². The lowest BCUT2D eigenvalue weighted by atomic mass is 9.95. The van der Waals surface area contributed by atoms with Gasteiger partial charge in [0.05, 0.1) is 11.3 Å². The van der Waals surface area contributed by atoms with Crippen molar-refractivity contribution in [3.8, 4) is 0 Å². The van der Waals surface area contributed by atoms with Gasteiger partial charge in [-0.1, -0.05) is 0 Å². The van der Waals surface area contributed by atoms with Crippen molar-refractivity contribution in [1.82, 2.24) is 4.98 Å². The van der Waals surface area contributed by atoms with Crippen LogP contribution in [0.15, 0.2) is 30.3 Å². The third-order valence-electron chi connectivity index (χ3n) is 5.28. The molecule has 156 valence electrons. The summed E-state index contributed by atoms with van der Waals surface area (Å²) < 4.78 is 45.2. The molecule has 1 aromatic heterocycles. The number of amides is 1. The predicted octanol–water partition coefficient (Wildman–Crippen LogP) is 4.65. The number of rotatable bonds is 4. The number of carbonyl (C=O) groups excluding carboxylic acids is 2. The average Bonchev–Trinajstić information content (AvgIpc) is 3.11. The van der Waals surface area contributed by atoms with Crippen LogP contribution in [0.1, 0.15) is 41.4 Å². The lowest BCUT2D eigenvalue weighted by Crippen LogP contribution is -2.30. The lowest BCUT2D eigenvalue weighted by molar-refractivity contribution is -0.123. The van der Waals surface area contributed by atoms with Crippen molar-refractivity contribution < 1.29 is 27.5 Å². The van der Waals surface area contributed by atoms with Gasteiger partial charge < -0.3 is 15.0 Å². The first-order chi connectivity index (χ1) is 14.3. The van der Waals surface area contributed by atoms with Gasteiger partial charge in [-0.25, -0.2) is 18.0 Å². The topological polar surface area (TPSA) is 71.2 Å². The van der Waals surface area contributed by atoms with Gasteiger partial charge in [-0.15, -0.1) is 0 Å². The zero-order valence-electron chi connectivity index (χ0n) is 16.2. The number of fused-ring (bicyclic) bond motifs is 3. The molecule has 0 spiro atoms. The number of nitrogens with one attached hydrogen (secondary N) is 2. The Hall–Kier alpha value is -3.29. The van der Waals surface area contributed by atoms with Crippen molar-refractivity contribution in [2.75, 3.05) is 5.32 Å². The minimum absolute atomic E-state index is 0.286. The number of anilines is 1. The second-order valence-corrected chi connectivity index (χ2v) is 7.31. The second-order valence-electron chi connectivity index (χ2n) is 7.31. The number of aromatic nitrogens is 1. The standard InChI is InChI=1S/C22H19F3N2O3/c1-11(21(28)27-18-9-7-15(23)19(24)20(18)25)30-22(29)12-6-8-17-14(10-12)13-4-2-3-5-16(13)26-17/h6-11,26H,2-5H2,1H3,(H,27,28)/t11-/m1/s1. The van der Waals surface area contributed by atoms with Crippen LogP contribution < -0.4 is 5.32 Å². The molecule has 0 bridgehead atoms. The van der Waals surface area contributed by atoms with Crippen LogP contribution in [0.5, 0.6) is 0 Å². The number of esters is 1. The Morgan fingerprint density at radius 2 is 1.83 bits per heavy atom. The maximum Gasteiger partial charge on any atom is 0.338 e. The van der Waals surface area contributed by atoms with Crippen molar-refractivity contribution >= 4 is 28.5 Å². The van der Waals surface area contributed by atoms with Crippen molar-refractivity contribution in [3.05, 3.63) is 64.6 Å². The highest BCUT2D eigenvalue weighted by molar-refractivity contribution is 5.99. The fraction of sp³-hybridized carbons (Fsp3) is 0.273. The summed E-state index contributed by atoms with van der Waals surface area (Å²) in [7, 11) is 0. The van der Waals surface area contributed by atoms with E-state index >= 15 is 0 Å². The summed E-state index contributed by atoms with van der Waals surface area (Å²) in [6.07, 6.45) is 2.85. The van der Waals surface area contributed by atoms with Crippen LogP contribution in [0.3, 0.4) is 0 Å². The Balaban J connectivity index is 1.48. The summed E-state index contributed by atoms with van der Waals surface area (Å²) in [6.45, 7) is 1.31. The number of aryl methyl sites for hydroxylation is 2. The molecule has 4 rings (SSSR count). The van der Waals surface area contributed by atoms with Crippen LogP contribution in [-0.2, 0) is 22.4 Å². The van der Waals surface area contributed by atoms with Gasteiger partial charge in [0.15, 0.2) is 23.6 Å². The number of H-pyrrole nitrogens is 1. The summed E-state index contributed by atoms with van der Waals surface area (Å²) in [6, 6.07) is 6.72. The Morgan fingerprint density at radius 3 is 2.63 bits per heavy atom. The summed E-state index contributed by atoms with van der Waals surface area (Å²) >= 11 is 0. The SMILES string of the molecule is C[C@@H](OC(=O)c1ccc2[nH]c3c(c2c1)CCCC3)C(=O)Nc1ccc(F)c(F)c1F. The summed E-state index contributed by atoms with van der Waals surface area (Å²) in [5.41, 5.74) is 3.07. The molecule has 2 N–H and O–H groups in total. The number of hydrogen-bond acceptors (Lipinski definition) is 3. The molecule has 8 heteroatoms. The van der Waals surface area contributed by atoms with Gasteiger partial charge in [-0.05, 0) is 68.5 Å². The highest BCUT2D eigenvalue weighted by Gasteiger charge is 2.23. The maximum absolute atomic E-state index is 13.7. The molecular weight excluding hydrogens is 397 g/mol. The van der Waals surface area contributed by atoms with E-state index in [4.69, 9.17) is 4.74 Å². The van der Waals surface area contributed by atoms with E-state index in [1.54, 1.807) is 18.2 Å². The third-order valence-corrected chi connectivity index (χ3v) is 5.28. The first kappa shape index (κ1) is 20.0. The maximum atomic E-state index is 13.7. The van der Waals surface area contributed by atoms with E-state index in [1.165, 1.54) is 18.2 Å². The van der Waals surface area contributed by atoms with Crippen LogP contribution in [0.2, 0.25) is 0 Å². The molecule has 5 nitrogen and oxygen atoms in total. The van der Waals surface area contributed by atoms with E-state index in [9.17, 15) is 22.8 Å². The van der Waals surface area contributed by atoms with Gasteiger partial charge in [-0.3, -0.25) is 4.79 Å². The number of hydrogen-bond donors (Lipinski definition) is 2. The van der Waals surface area contributed by atoms with Gasteiger partial charge in [0, 0.05) is 16.6 Å². The van der Waals surface area contributed by atoms with Gasteiger partial charge in [-0.2, -0.15) is 0 Å². The lowest BCUT2D eigenvalue weighted by Gasteiger charge is -2.14. The molecule has 0 fully saturated rings. The Labute approximate surface area is 170 Å². The van der Waals surface area contributed by atoms with E-state index in [1.807, 2.05) is 0 Å². The van der Waals surface area contributed by atoms with E-state index in [0.717, 1.165) is 42.7 Å². The molecule has 30 heavy (non-hydrogen) atoms. The minimum Gasteiger partial charge on any atom is -0.449 e. The fourth-order valence-electron chi connectivity index (χ4n) is 3.67. The quantitative estimate of drug-likeness (QED) is 0.481. The monoisotopic (exact) mass is 416 g/mol. The highest BCUT2D eigenvalue weighted by Crippen LogP contribution is 2.30. The van der Waals surface area contributed by atoms with E-state index in [2.05, 4.69) is 10.3 Å². The van der Waals surface area contributed by atoms with Crippen LogP contribution in [0, 0.1) is 17.5 Å². The molecule has 0 unspecified atom stereocenters. The van der Waals surface area contributed by atoms with Gasteiger partial charge >= 0.3 is 5.97 Å². The predicted molar refractivity (Wildman–Crippen MR) is 105 cm³/mol. The highest BCUT2D eigenvalue weighted by atomic mass is 19.2. The third kappa shape index (κ3) is 3.65.